The molecule has 0 aliphatic carbocycles. The van der Waals surface area contributed by atoms with Gasteiger partial charge in [-0.2, -0.15) is 5.10 Å². The van der Waals surface area contributed by atoms with Crippen LogP contribution >= 0.6 is 0 Å². The number of hydrogen-bond acceptors (Lipinski definition) is 3. The predicted molar refractivity (Wildman–Crippen MR) is 96.8 cm³/mol. The maximum absolute atomic E-state index is 12.5. The number of carbonyl (C=O) groups excluding carboxylic acids is 1. The molecule has 1 heterocycles. The summed E-state index contributed by atoms with van der Waals surface area (Å²) in [6, 6.07) is 17.3. The second-order valence-electron chi connectivity index (χ2n) is 6.00. The zero-order valence-electron chi connectivity index (χ0n) is 14.1. The molecular weight excluding hydrogens is 314 g/mol. The summed E-state index contributed by atoms with van der Waals surface area (Å²) < 4.78 is 1.69. The van der Waals surface area contributed by atoms with Crippen LogP contribution in [0.4, 0.5) is 0 Å². The molecule has 1 amide bonds. The van der Waals surface area contributed by atoms with E-state index in [0.717, 1.165) is 16.8 Å². The molecule has 0 saturated heterocycles. The molecule has 0 fully saturated rings. The third-order valence-corrected chi connectivity index (χ3v) is 4.09. The third kappa shape index (κ3) is 4.14. The van der Waals surface area contributed by atoms with E-state index < -0.39 is 0 Å². The maximum Gasteiger partial charge on any atom is 0.254 e. The minimum atomic E-state index is -0.336. The van der Waals surface area contributed by atoms with Crippen LogP contribution in [0.15, 0.2) is 67.0 Å². The van der Waals surface area contributed by atoms with Crippen LogP contribution in [0.2, 0.25) is 0 Å². The van der Waals surface area contributed by atoms with Crippen molar-refractivity contribution in [2.75, 3.05) is 6.61 Å². The van der Waals surface area contributed by atoms with Crippen molar-refractivity contribution in [1.29, 1.82) is 0 Å². The first-order chi connectivity index (χ1) is 12.2. The largest absolute Gasteiger partial charge is 0.394 e. The van der Waals surface area contributed by atoms with Gasteiger partial charge in [0.1, 0.15) is 0 Å². The van der Waals surface area contributed by atoms with Gasteiger partial charge in [-0.05, 0) is 30.5 Å². The number of nitrogens with one attached hydrogen (secondary N) is 1. The van der Waals surface area contributed by atoms with Crippen LogP contribution in [0.1, 0.15) is 21.5 Å². The van der Waals surface area contributed by atoms with E-state index >= 15 is 0 Å². The Morgan fingerprint density at radius 1 is 1.16 bits per heavy atom. The fraction of sp³-hybridized carbons (Fsp3) is 0.200. The van der Waals surface area contributed by atoms with E-state index in [1.54, 1.807) is 17.1 Å². The van der Waals surface area contributed by atoms with Crippen molar-refractivity contribution < 1.29 is 9.90 Å². The molecule has 3 rings (SSSR count). The van der Waals surface area contributed by atoms with Crippen molar-refractivity contribution >= 4 is 5.91 Å². The Bertz CT molecular complexity index is 843. The zero-order valence-corrected chi connectivity index (χ0v) is 14.1. The summed E-state index contributed by atoms with van der Waals surface area (Å²) in [5.74, 6) is -0.241. The Morgan fingerprint density at radius 2 is 1.88 bits per heavy atom. The molecule has 0 spiro atoms. The van der Waals surface area contributed by atoms with Crippen molar-refractivity contribution in [2.45, 2.75) is 19.4 Å². The van der Waals surface area contributed by atoms with E-state index in [1.807, 2.05) is 61.5 Å². The average molecular weight is 335 g/mol. The molecule has 5 heteroatoms. The fourth-order valence-corrected chi connectivity index (χ4v) is 2.72. The highest BCUT2D eigenvalue weighted by Crippen LogP contribution is 2.13. The molecule has 1 aromatic heterocycles. The number of aliphatic hydroxyl groups excluding tert-OH is 1. The molecule has 5 nitrogen and oxygen atoms in total. The second-order valence-corrected chi connectivity index (χ2v) is 6.00. The van der Waals surface area contributed by atoms with Gasteiger partial charge in [0, 0.05) is 6.20 Å². The van der Waals surface area contributed by atoms with Gasteiger partial charge in [0.15, 0.2) is 0 Å². The standard InChI is InChI=1S/C20H21N3O2/c1-15-7-5-6-10-19(15)23-13-17(12-21-23)20(25)22-18(14-24)11-16-8-3-2-4-9-16/h2-10,12-13,18,24H,11,14H2,1H3,(H,22,25). The summed E-state index contributed by atoms with van der Waals surface area (Å²) >= 11 is 0. The Kier molecular flexibility index (Phi) is 5.26. The molecule has 0 aliphatic rings. The van der Waals surface area contributed by atoms with E-state index in [0.29, 0.717) is 12.0 Å². The normalized spacial score (nSPS) is 11.9. The first kappa shape index (κ1) is 16.9. The van der Waals surface area contributed by atoms with Gasteiger partial charge in [0.2, 0.25) is 0 Å². The molecule has 128 valence electrons. The molecule has 3 aromatic rings. The third-order valence-electron chi connectivity index (χ3n) is 4.09. The number of carbonyl (C=O) groups is 1. The lowest BCUT2D eigenvalue weighted by Gasteiger charge is -2.15. The van der Waals surface area contributed by atoms with E-state index in [2.05, 4.69) is 10.4 Å². The fourth-order valence-electron chi connectivity index (χ4n) is 2.72. The summed E-state index contributed by atoms with van der Waals surface area (Å²) in [7, 11) is 0. The zero-order chi connectivity index (χ0) is 17.6. The van der Waals surface area contributed by atoms with E-state index in [1.165, 1.54) is 0 Å². The summed E-state index contributed by atoms with van der Waals surface area (Å²) in [5, 5.41) is 16.7. The Hall–Kier alpha value is -2.92. The number of aryl methyl sites for hydroxylation is 1. The van der Waals surface area contributed by atoms with Crippen LogP contribution in [0, 0.1) is 6.92 Å². The molecule has 1 unspecified atom stereocenters. The number of amides is 1. The van der Waals surface area contributed by atoms with Crippen LogP contribution in [0.25, 0.3) is 5.69 Å². The van der Waals surface area contributed by atoms with Crippen molar-refractivity contribution in [3.63, 3.8) is 0 Å². The topological polar surface area (TPSA) is 67.2 Å². The number of para-hydroxylation sites is 1. The highest BCUT2D eigenvalue weighted by atomic mass is 16.3. The lowest BCUT2D eigenvalue weighted by atomic mass is 10.1. The van der Waals surface area contributed by atoms with Gasteiger partial charge in [0.25, 0.3) is 5.91 Å². The quantitative estimate of drug-likeness (QED) is 0.727. The van der Waals surface area contributed by atoms with Crippen LogP contribution in [-0.2, 0) is 6.42 Å². The van der Waals surface area contributed by atoms with Gasteiger partial charge >= 0.3 is 0 Å². The van der Waals surface area contributed by atoms with Crippen molar-refractivity contribution in [2.24, 2.45) is 0 Å². The van der Waals surface area contributed by atoms with E-state index in [9.17, 15) is 9.90 Å². The van der Waals surface area contributed by atoms with E-state index in [4.69, 9.17) is 0 Å². The molecular formula is C20H21N3O2. The van der Waals surface area contributed by atoms with Crippen molar-refractivity contribution in [1.82, 2.24) is 15.1 Å². The molecule has 0 bridgehead atoms. The number of rotatable bonds is 6. The summed E-state index contributed by atoms with van der Waals surface area (Å²) in [6.07, 6.45) is 3.82. The van der Waals surface area contributed by atoms with Gasteiger partial charge in [-0.1, -0.05) is 48.5 Å². The molecule has 0 aliphatic heterocycles. The minimum Gasteiger partial charge on any atom is -0.394 e. The maximum atomic E-state index is 12.5. The number of nitrogens with zero attached hydrogens (tertiary/aromatic N) is 2. The number of benzene rings is 2. The van der Waals surface area contributed by atoms with E-state index in [-0.39, 0.29) is 18.6 Å². The van der Waals surface area contributed by atoms with Crippen LogP contribution < -0.4 is 5.32 Å². The van der Waals surface area contributed by atoms with Crippen LogP contribution in [0.5, 0.6) is 0 Å². The number of hydrogen-bond donors (Lipinski definition) is 2. The van der Waals surface area contributed by atoms with Gasteiger partial charge in [-0.25, -0.2) is 4.68 Å². The van der Waals surface area contributed by atoms with Gasteiger partial charge in [0.05, 0.1) is 30.1 Å². The van der Waals surface area contributed by atoms with Gasteiger partial charge in [-0.3, -0.25) is 4.79 Å². The first-order valence-corrected chi connectivity index (χ1v) is 8.23. The molecule has 25 heavy (non-hydrogen) atoms. The summed E-state index contributed by atoms with van der Waals surface area (Å²) in [5.41, 5.74) is 3.55. The summed E-state index contributed by atoms with van der Waals surface area (Å²) in [4.78, 5) is 12.5. The average Bonchev–Trinajstić information content (AvgIpc) is 3.12. The minimum absolute atomic E-state index is 0.118. The van der Waals surface area contributed by atoms with Crippen molar-refractivity contribution in [3.05, 3.63) is 83.7 Å². The molecule has 2 aromatic carbocycles. The van der Waals surface area contributed by atoms with Crippen LogP contribution in [0.3, 0.4) is 0 Å². The Balaban J connectivity index is 1.70. The molecule has 0 saturated carbocycles. The first-order valence-electron chi connectivity index (χ1n) is 8.23. The van der Waals surface area contributed by atoms with Crippen LogP contribution in [-0.4, -0.2) is 33.4 Å². The smallest absolute Gasteiger partial charge is 0.254 e. The molecule has 0 radical (unpaired) electrons. The predicted octanol–water partition coefficient (Wildman–Crippen LogP) is 2.51. The van der Waals surface area contributed by atoms with Gasteiger partial charge < -0.3 is 10.4 Å². The SMILES string of the molecule is Cc1ccccc1-n1cc(C(=O)NC(CO)Cc2ccccc2)cn1. The summed E-state index contributed by atoms with van der Waals surface area (Å²) in [6.45, 7) is 1.88. The Morgan fingerprint density at radius 3 is 2.60 bits per heavy atom. The monoisotopic (exact) mass is 335 g/mol. The van der Waals surface area contributed by atoms with Crippen molar-refractivity contribution in [3.8, 4) is 5.69 Å². The molecule has 1 atom stereocenters. The second kappa shape index (κ2) is 7.77. The number of aromatic nitrogens is 2. The number of aliphatic hydroxyl groups is 1. The van der Waals surface area contributed by atoms with Gasteiger partial charge in [-0.15, -0.1) is 0 Å². The lowest BCUT2D eigenvalue weighted by Crippen LogP contribution is -2.39. The highest BCUT2D eigenvalue weighted by molar-refractivity contribution is 5.94. The lowest BCUT2D eigenvalue weighted by molar-refractivity contribution is 0.0916. The Labute approximate surface area is 146 Å². The highest BCUT2D eigenvalue weighted by Gasteiger charge is 2.15. The molecule has 2 N–H and O–H groups in total.